The molecule has 3 rings (SSSR count). The predicted molar refractivity (Wildman–Crippen MR) is 124 cm³/mol. The molecule has 0 spiro atoms. The van der Waals surface area contributed by atoms with Gasteiger partial charge in [-0.05, 0) is 47.9 Å². The van der Waals surface area contributed by atoms with Crippen molar-refractivity contribution in [2.45, 2.75) is 13.0 Å². The van der Waals surface area contributed by atoms with Crippen LogP contribution in [-0.4, -0.2) is 31.6 Å². The molecule has 0 unspecified atom stereocenters. The minimum atomic E-state index is -0.101. The Morgan fingerprint density at radius 1 is 0.897 bits per heavy atom. The summed E-state index contributed by atoms with van der Waals surface area (Å²) < 4.78 is 0.936. The Hall–Kier alpha value is -2.79. The van der Waals surface area contributed by atoms with Crippen LogP contribution in [0.1, 0.15) is 11.1 Å². The summed E-state index contributed by atoms with van der Waals surface area (Å²) in [5.74, 6) is 0. The van der Waals surface area contributed by atoms with E-state index >= 15 is 0 Å². The fourth-order valence-electron chi connectivity index (χ4n) is 3.05. The molecule has 4 nitrogen and oxygen atoms in total. The zero-order chi connectivity index (χ0) is 20.6. The molecular formula is C24H26BrN3O. The van der Waals surface area contributed by atoms with Crippen molar-refractivity contribution in [2.75, 3.05) is 30.9 Å². The van der Waals surface area contributed by atoms with E-state index in [1.54, 1.807) is 0 Å². The SMILES string of the molecule is CN(C)c1ccc(CN(CCc2ccccc2)C(=O)Nc2cccc(Br)c2)cc1. The monoisotopic (exact) mass is 451 g/mol. The number of carbonyl (C=O) groups excluding carboxylic acids is 1. The van der Waals surface area contributed by atoms with E-state index in [0.717, 1.165) is 27.8 Å². The quantitative estimate of drug-likeness (QED) is 0.493. The number of nitrogens with one attached hydrogen (secondary N) is 1. The largest absolute Gasteiger partial charge is 0.378 e. The van der Waals surface area contributed by atoms with Gasteiger partial charge in [-0.3, -0.25) is 0 Å². The second kappa shape index (κ2) is 10.1. The van der Waals surface area contributed by atoms with Crippen molar-refractivity contribution in [2.24, 2.45) is 0 Å². The van der Waals surface area contributed by atoms with Crippen LogP contribution >= 0.6 is 15.9 Å². The molecule has 2 amide bonds. The van der Waals surface area contributed by atoms with Crippen molar-refractivity contribution in [1.29, 1.82) is 0 Å². The Morgan fingerprint density at radius 2 is 1.62 bits per heavy atom. The average Bonchev–Trinajstić information content (AvgIpc) is 2.72. The highest BCUT2D eigenvalue weighted by atomic mass is 79.9. The van der Waals surface area contributed by atoms with Gasteiger partial charge in [-0.15, -0.1) is 0 Å². The molecule has 0 fully saturated rings. The number of hydrogen-bond acceptors (Lipinski definition) is 2. The molecule has 0 saturated heterocycles. The number of hydrogen-bond donors (Lipinski definition) is 1. The zero-order valence-corrected chi connectivity index (χ0v) is 18.4. The molecule has 5 heteroatoms. The highest BCUT2D eigenvalue weighted by molar-refractivity contribution is 9.10. The first-order valence-electron chi connectivity index (χ1n) is 9.63. The standard InChI is InChI=1S/C24H26BrN3O/c1-27(2)23-13-11-20(12-14-23)18-28(16-15-19-7-4-3-5-8-19)24(29)26-22-10-6-9-21(25)17-22/h3-14,17H,15-16,18H2,1-2H3,(H,26,29). The van der Waals surface area contributed by atoms with Gasteiger partial charge in [0.25, 0.3) is 0 Å². The molecule has 0 aliphatic carbocycles. The molecule has 3 aromatic rings. The number of nitrogens with zero attached hydrogens (tertiary/aromatic N) is 2. The summed E-state index contributed by atoms with van der Waals surface area (Å²) in [5, 5.41) is 3.02. The van der Waals surface area contributed by atoms with E-state index < -0.39 is 0 Å². The number of rotatable bonds is 7. The minimum Gasteiger partial charge on any atom is -0.378 e. The number of halogens is 1. The molecule has 0 aliphatic heterocycles. The van der Waals surface area contributed by atoms with Gasteiger partial charge in [0, 0.05) is 43.0 Å². The van der Waals surface area contributed by atoms with Crippen LogP contribution in [0.4, 0.5) is 16.2 Å². The van der Waals surface area contributed by atoms with Crippen molar-refractivity contribution in [3.63, 3.8) is 0 Å². The number of anilines is 2. The summed E-state index contributed by atoms with van der Waals surface area (Å²) in [7, 11) is 4.04. The Kier molecular flexibility index (Phi) is 7.30. The van der Waals surface area contributed by atoms with E-state index in [9.17, 15) is 4.79 Å². The topological polar surface area (TPSA) is 35.6 Å². The number of carbonyl (C=O) groups is 1. The summed E-state index contributed by atoms with van der Waals surface area (Å²) in [4.78, 5) is 16.9. The van der Waals surface area contributed by atoms with E-state index in [2.05, 4.69) is 62.5 Å². The molecule has 0 bridgehead atoms. The first kappa shape index (κ1) is 20.9. The number of benzene rings is 3. The lowest BCUT2D eigenvalue weighted by Crippen LogP contribution is -2.36. The van der Waals surface area contributed by atoms with Gasteiger partial charge in [0.2, 0.25) is 0 Å². The summed E-state index contributed by atoms with van der Waals surface area (Å²) in [6.07, 6.45) is 0.808. The van der Waals surface area contributed by atoms with Crippen LogP contribution in [0.15, 0.2) is 83.3 Å². The molecule has 0 saturated carbocycles. The van der Waals surface area contributed by atoms with E-state index in [1.165, 1.54) is 5.56 Å². The lowest BCUT2D eigenvalue weighted by atomic mass is 10.1. The number of amides is 2. The van der Waals surface area contributed by atoms with Crippen LogP contribution in [0, 0.1) is 0 Å². The first-order valence-corrected chi connectivity index (χ1v) is 10.4. The van der Waals surface area contributed by atoms with Crippen molar-refractivity contribution < 1.29 is 4.79 Å². The Labute approximate surface area is 181 Å². The van der Waals surface area contributed by atoms with Crippen LogP contribution in [-0.2, 0) is 13.0 Å². The molecule has 0 aliphatic rings. The normalized spacial score (nSPS) is 10.4. The fraction of sp³-hybridized carbons (Fsp3) is 0.208. The van der Waals surface area contributed by atoms with Gasteiger partial charge in [0.05, 0.1) is 0 Å². The molecule has 3 aromatic carbocycles. The summed E-state index contributed by atoms with van der Waals surface area (Å²) >= 11 is 3.45. The van der Waals surface area contributed by atoms with Crippen molar-refractivity contribution in [1.82, 2.24) is 4.90 Å². The summed E-state index contributed by atoms with van der Waals surface area (Å²) in [6.45, 7) is 1.19. The van der Waals surface area contributed by atoms with Crippen molar-refractivity contribution in [3.05, 3.63) is 94.5 Å². The van der Waals surface area contributed by atoms with E-state index in [-0.39, 0.29) is 6.03 Å². The molecule has 0 radical (unpaired) electrons. The van der Waals surface area contributed by atoms with E-state index in [4.69, 9.17) is 0 Å². The molecule has 0 heterocycles. The minimum absolute atomic E-state index is 0.101. The van der Waals surface area contributed by atoms with Crippen molar-refractivity contribution >= 4 is 33.3 Å². The maximum absolute atomic E-state index is 13.0. The average molecular weight is 452 g/mol. The van der Waals surface area contributed by atoms with Crippen LogP contribution in [0.2, 0.25) is 0 Å². The van der Waals surface area contributed by atoms with Crippen LogP contribution in [0.3, 0.4) is 0 Å². The molecule has 29 heavy (non-hydrogen) atoms. The van der Waals surface area contributed by atoms with Gasteiger partial charge in [0.15, 0.2) is 0 Å². The Bertz CT molecular complexity index is 926. The first-order chi connectivity index (χ1) is 14.0. The van der Waals surface area contributed by atoms with Gasteiger partial charge in [-0.1, -0.05) is 64.5 Å². The zero-order valence-electron chi connectivity index (χ0n) is 16.8. The van der Waals surface area contributed by atoms with Gasteiger partial charge in [0.1, 0.15) is 0 Å². The molecule has 150 valence electrons. The fourth-order valence-corrected chi connectivity index (χ4v) is 3.45. The van der Waals surface area contributed by atoms with Crippen LogP contribution in [0.25, 0.3) is 0 Å². The van der Waals surface area contributed by atoms with E-state index in [0.29, 0.717) is 13.1 Å². The van der Waals surface area contributed by atoms with Crippen LogP contribution in [0.5, 0.6) is 0 Å². The lowest BCUT2D eigenvalue weighted by molar-refractivity contribution is 0.210. The van der Waals surface area contributed by atoms with Gasteiger partial charge >= 0.3 is 6.03 Å². The summed E-state index contributed by atoms with van der Waals surface area (Å²) in [5.41, 5.74) is 4.24. The Balaban J connectivity index is 1.73. The third-order valence-electron chi connectivity index (χ3n) is 4.70. The molecule has 0 atom stereocenters. The second-order valence-electron chi connectivity index (χ2n) is 7.16. The highest BCUT2D eigenvalue weighted by Gasteiger charge is 2.15. The van der Waals surface area contributed by atoms with Crippen molar-refractivity contribution in [3.8, 4) is 0 Å². The lowest BCUT2D eigenvalue weighted by Gasteiger charge is -2.24. The van der Waals surface area contributed by atoms with Gasteiger partial charge in [-0.25, -0.2) is 4.79 Å². The third-order valence-corrected chi connectivity index (χ3v) is 5.20. The van der Waals surface area contributed by atoms with Gasteiger partial charge < -0.3 is 15.1 Å². The maximum Gasteiger partial charge on any atom is 0.322 e. The molecular weight excluding hydrogens is 426 g/mol. The summed E-state index contributed by atoms with van der Waals surface area (Å²) in [6, 6.07) is 26.1. The van der Waals surface area contributed by atoms with Crippen LogP contribution < -0.4 is 10.2 Å². The number of urea groups is 1. The second-order valence-corrected chi connectivity index (χ2v) is 8.07. The smallest absolute Gasteiger partial charge is 0.322 e. The van der Waals surface area contributed by atoms with E-state index in [1.807, 2.05) is 61.5 Å². The molecule has 0 aromatic heterocycles. The maximum atomic E-state index is 13.0. The highest BCUT2D eigenvalue weighted by Crippen LogP contribution is 2.18. The third kappa shape index (κ3) is 6.36. The Morgan fingerprint density at radius 3 is 2.28 bits per heavy atom. The van der Waals surface area contributed by atoms with Gasteiger partial charge in [-0.2, -0.15) is 0 Å². The predicted octanol–water partition coefficient (Wildman–Crippen LogP) is 5.79. The molecule has 1 N–H and O–H groups in total.